The second-order valence-electron chi connectivity index (χ2n) is 6.16. The molecule has 1 N–H and O–H groups in total. The van der Waals surface area contributed by atoms with Gasteiger partial charge in [-0.15, -0.1) is 0 Å². The summed E-state index contributed by atoms with van der Waals surface area (Å²) < 4.78 is 13.0. The van der Waals surface area contributed by atoms with E-state index in [-0.39, 0.29) is 30.1 Å². The molecule has 21 heavy (non-hydrogen) atoms. The number of quaternary nitrogens is 1. The van der Waals surface area contributed by atoms with Crippen LogP contribution in [-0.2, 0) is 9.59 Å². The van der Waals surface area contributed by atoms with Gasteiger partial charge in [-0.3, -0.25) is 9.59 Å². The largest absolute Gasteiger partial charge is 0.324 e. The van der Waals surface area contributed by atoms with Gasteiger partial charge in [-0.05, 0) is 37.1 Å². The Labute approximate surface area is 123 Å². The number of halogens is 1. The molecule has 2 heterocycles. The molecule has 2 saturated heterocycles. The zero-order valence-electron chi connectivity index (χ0n) is 12.1. The number of carbonyl (C=O) groups excluding carboxylic acids is 2. The monoisotopic (exact) mass is 291 g/mol. The van der Waals surface area contributed by atoms with Crippen molar-refractivity contribution in [2.45, 2.75) is 32.2 Å². The fourth-order valence-electron chi connectivity index (χ4n) is 3.46. The number of nitrogens with one attached hydrogen (secondary N) is 1. The number of amides is 2. The Balaban J connectivity index is 1.80. The predicted molar refractivity (Wildman–Crippen MR) is 76.4 cm³/mol. The number of imide groups is 1. The minimum absolute atomic E-state index is 0.143. The van der Waals surface area contributed by atoms with Gasteiger partial charge in [-0.2, -0.15) is 0 Å². The highest BCUT2D eigenvalue weighted by Crippen LogP contribution is 2.22. The molecule has 1 unspecified atom stereocenters. The Morgan fingerprint density at radius 2 is 1.95 bits per heavy atom. The molecule has 2 aliphatic heterocycles. The fraction of sp³-hybridized carbons (Fsp3) is 0.500. The molecule has 0 bridgehead atoms. The molecule has 2 fully saturated rings. The molecule has 1 aromatic carbocycles. The first kappa shape index (κ1) is 14.2. The molecule has 0 aromatic heterocycles. The van der Waals surface area contributed by atoms with Crippen molar-refractivity contribution in [3.05, 3.63) is 30.1 Å². The van der Waals surface area contributed by atoms with Crippen molar-refractivity contribution in [1.82, 2.24) is 0 Å². The van der Waals surface area contributed by atoms with Crippen LogP contribution in [0.1, 0.15) is 26.2 Å². The molecule has 1 aromatic rings. The van der Waals surface area contributed by atoms with Gasteiger partial charge in [0, 0.05) is 5.92 Å². The van der Waals surface area contributed by atoms with Crippen LogP contribution in [0.5, 0.6) is 0 Å². The molecule has 3 atom stereocenters. The molecule has 0 aliphatic carbocycles. The number of anilines is 1. The van der Waals surface area contributed by atoms with E-state index < -0.39 is 0 Å². The van der Waals surface area contributed by atoms with Crippen molar-refractivity contribution in [2.24, 2.45) is 5.92 Å². The van der Waals surface area contributed by atoms with E-state index in [1.165, 1.54) is 40.5 Å². The van der Waals surface area contributed by atoms with Gasteiger partial charge < -0.3 is 4.90 Å². The second-order valence-corrected chi connectivity index (χ2v) is 6.16. The molecule has 4 nitrogen and oxygen atoms in total. The maximum Gasteiger partial charge on any atom is 0.292 e. The normalized spacial score (nSPS) is 30.0. The highest BCUT2D eigenvalue weighted by Gasteiger charge is 2.46. The summed E-state index contributed by atoms with van der Waals surface area (Å²) in [6.45, 7) is 4.09. The maximum absolute atomic E-state index is 13.0. The van der Waals surface area contributed by atoms with Crippen molar-refractivity contribution in [2.75, 3.05) is 18.0 Å². The number of rotatable bonds is 2. The number of benzene rings is 1. The fourth-order valence-corrected chi connectivity index (χ4v) is 3.46. The lowest BCUT2D eigenvalue weighted by Gasteiger charge is -2.31. The summed E-state index contributed by atoms with van der Waals surface area (Å²) in [6.07, 6.45) is 2.56. The summed E-state index contributed by atoms with van der Waals surface area (Å²) >= 11 is 0. The summed E-state index contributed by atoms with van der Waals surface area (Å²) in [5.41, 5.74) is 0.471. The first-order valence-electron chi connectivity index (χ1n) is 7.53. The van der Waals surface area contributed by atoms with Crippen LogP contribution in [0, 0.1) is 11.7 Å². The van der Waals surface area contributed by atoms with E-state index in [0.717, 1.165) is 19.5 Å². The molecular weight excluding hydrogens is 271 g/mol. The number of hydrogen-bond donors (Lipinski definition) is 1. The SMILES string of the molecule is C[C@H]1CCC[NH+]([C@@H]2CC(=O)N(c3ccc(F)cc3)C2=O)C1. The summed E-state index contributed by atoms with van der Waals surface area (Å²) in [4.78, 5) is 27.2. The van der Waals surface area contributed by atoms with Crippen LogP contribution in [0.25, 0.3) is 0 Å². The number of likely N-dealkylation sites (tertiary alicyclic amines) is 1. The Bertz CT molecular complexity index is 558. The number of hydrogen-bond acceptors (Lipinski definition) is 2. The Morgan fingerprint density at radius 3 is 2.62 bits per heavy atom. The molecule has 2 aliphatic rings. The van der Waals surface area contributed by atoms with E-state index in [0.29, 0.717) is 11.6 Å². The predicted octanol–water partition coefficient (Wildman–Crippen LogP) is 0.772. The Kier molecular flexibility index (Phi) is 3.76. The van der Waals surface area contributed by atoms with Crippen molar-refractivity contribution in [3.8, 4) is 0 Å². The first-order valence-corrected chi connectivity index (χ1v) is 7.53. The van der Waals surface area contributed by atoms with Crippen LogP contribution in [0.4, 0.5) is 10.1 Å². The van der Waals surface area contributed by atoms with Gasteiger partial charge in [0.25, 0.3) is 5.91 Å². The maximum atomic E-state index is 13.0. The highest BCUT2D eigenvalue weighted by molar-refractivity contribution is 6.21. The van der Waals surface area contributed by atoms with Crippen LogP contribution in [0.3, 0.4) is 0 Å². The minimum Gasteiger partial charge on any atom is -0.324 e. The van der Waals surface area contributed by atoms with Gasteiger partial charge in [0.2, 0.25) is 5.91 Å². The van der Waals surface area contributed by atoms with Gasteiger partial charge in [0.1, 0.15) is 5.82 Å². The Hall–Kier alpha value is -1.75. The topological polar surface area (TPSA) is 41.8 Å². The van der Waals surface area contributed by atoms with Crippen LogP contribution in [0.2, 0.25) is 0 Å². The average molecular weight is 291 g/mol. The van der Waals surface area contributed by atoms with Crippen LogP contribution in [-0.4, -0.2) is 30.9 Å². The molecule has 0 radical (unpaired) electrons. The van der Waals surface area contributed by atoms with Crippen molar-refractivity contribution < 1.29 is 18.9 Å². The van der Waals surface area contributed by atoms with E-state index in [2.05, 4.69) is 6.92 Å². The van der Waals surface area contributed by atoms with Gasteiger partial charge in [0.05, 0.1) is 25.2 Å². The third-order valence-electron chi connectivity index (χ3n) is 4.53. The van der Waals surface area contributed by atoms with Gasteiger partial charge in [-0.1, -0.05) is 6.92 Å². The summed E-state index contributed by atoms with van der Waals surface area (Å²) in [5.74, 6) is -0.0977. The van der Waals surface area contributed by atoms with E-state index in [1.807, 2.05) is 0 Å². The lowest BCUT2D eigenvalue weighted by Crippen LogP contribution is -3.18. The van der Waals surface area contributed by atoms with Gasteiger partial charge in [-0.25, -0.2) is 9.29 Å². The Morgan fingerprint density at radius 1 is 1.24 bits per heavy atom. The molecule has 112 valence electrons. The van der Waals surface area contributed by atoms with Crippen molar-refractivity contribution in [3.63, 3.8) is 0 Å². The van der Waals surface area contributed by atoms with E-state index in [4.69, 9.17) is 0 Å². The molecule has 0 spiro atoms. The first-order chi connectivity index (χ1) is 10.1. The zero-order valence-corrected chi connectivity index (χ0v) is 12.1. The third-order valence-corrected chi connectivity index (χ3v) is 4.53. The van der Waals surface area contributed by atoms with Crippen molar-refractivity contribution in [1.29, 1.82) is 0 Å². The summed E-state index contributed by atoms with van der Waals surface area (Å²) in [5, 5.41) is 0. The zero-order chi connectivity index (χ0) is 15.0. The van der Waals surface area contributed by atoms with Crippen LogP contribution >= 0.6 is 0 Å². The molecule has 5 heteroatoms. The van der Waals surface area contributed by atoms with Crippen molar-refractivity contribution >= 4 is 17.5 Å². The quantitative estimate of drug-likeness (QED) is 0.818. The molecule has 0 saturated carbocycles. The van der Waals surface area contributed by atoms with E-state index in [1.54, 1.807) is 0 Å². The number of nitrogens with zero attached hydrogens (tertiary/aromatic N) is 1. The number of carbonyl (C=O) groups is 2. The summed E-state index contributed by atoms with van der Waals surface area (Å²) in [6, 6.07) is 5.26. The second kappa shape index (κ2) is 5.56. The lowest BCUT2D eigenvalue weighted by molar-refractivity contribution is -0.923. The minimum atomic E-state index is -0.370. The van der Waals surface area contributed by atoms with Gasteiger partial charge >= 0.3 is 0 Å². The third kappa shape index (κ3) is 2.70. The van der Waals surface area contributed by atoms with Crippen LogP contribution < -0.4 is 9.80 Å². The highest BCUT2D eigenvalue weighted by atomic mass is 19.1. The molecule has 3 rings (SSSR count). The standard InChI is InChI=1S/C16H19FN2O2/c1-11-3-2-8-18(10-11)14-9-15(20)19(16(14)21)13-6-4-12(17)5-7-13/h4-7,11,14H,2-3,8-10H2,1H3/p+1/t11-,14+/m0/s1. The molecule has 2 amide bonds. The smallest absolute Gasteiger partial charge is 0.292 e. The molecular formula is C16H20FN2O2+. The summed E-state index contributed by atoms with van der Waals surface area (Å²) in [7, 11) is 0. The van der Waals surface area contributed by atoms with E-state index in [9.17, 15) is 14.0 Å². The van der Waals surface area contributed by atoms with Gasteiger partial charge in [0.15, 0.2) is 6.04 Å². The van der Waals surface area contributed by atoms with Crippen LogP contribution in [0.15, 0.2) is 24.3 Å². The number of piperidine rings is 1. The average Bonchev–Trinajstić information content (AvgIpc) is 2.75. The van der Waals surface area contributed by atoms with E-state index >= 15 is 0 Å². The lowest BCUT2D eigenvalue weighted by atomic mass is 9.98.